The molecule has 0 spiro atoms. The number of rotatable bonds is 41. The number of quaternary nitrogens is 1. The van der Waals surface area contributed by atoms with Crippen LogP contribution in [-0.2, 0) is 28.6 Å². The van der Waals surface area contributed by atoms with E-state index in [-0.39, 0.29) is 42.7 Å². The maximum absolute atomic E-state index is 12.7. The molecule has 0 aromatic heterocycles. The van der Waals surface area contributed by atoms with Crippen molar-refractivity contribution < 1.29 is 38.2 Å². The third-order valence-corrected chi connectivity index (χ3v) is 10.4. The Morgan fingerprint density at radius 3 is 1.41 bits per heavy atom. The van der Waals surface area contributed by atoms with Gasteiger partial charge in [-0.05, 0) is 25.7 Å². The number of carbonyl (C=O) groups is 3. The SMILES string of the molecule is CCCCCC/C=C/CCC(=O)OCC(COCCC(C(=O)O)[N+](C)(C)C)OC(=O)CCCCCCCCCCCCCCCCCCCCCCCC. The zero-order valence-electron chi connectivity index (χ0n) is 36.2. The molecule has 0 aromatic rings. The monoisotopic (exact) mass is 767 g/mol. The summed E-state index contributed by atoms with van der Waals surface area (Å²) < 4.78 is 17.2. The van der Waals surface area contributed by atoms with E-state index in [0.717, 1.165) is 25.7 Å². The Bertz CT molecular complexity index is 900. The normalized spacial score (nSPS) is 13.0. The van der Waals surface area contributed by atoms with Crippen LogP contribution in [0.3, 0.4) is 0 Å². The fourth-order valence-electron chi connectivity index (χ4n) is 6.87. The van der Waals surface area contributed by atoms with E-state index in [2.05, 4.69) is 19.9 Å². The molecule has 8 nitrogen and oxygen atoms in total. The minimum atomic E-state index is -0.877. The van der Waals surface area contributed by atoms with Crippen molar-refractivity contribution in [3.05, 3.63) is 12.2 Å². The molecule has 2 atom stereocenters. The topological polar surface area (TPSA) is 99.1 Å². The molecule has 0 bridgehead atoms. The van der Waals surface area contributed by atoms with Gasteiger partial charge in [-0.15, -0.1) is 0 Å². The van der Waals surface area contributed by atoms with Crippen molar-refractivity contribution in [1.82, 2.24) is 0 Å². The van der Waals surface area contributed by atoms with Crippen molar-refractivity contribution in [2.24, 2.45) is 0 Å². The number of nitrogens with zero attached hydrogens (tertiary/aromatic N) is 1. The first-order valence-electron chi connectivity index (χ1n) is 22.7. The Hall–Kier alpha value is -1.93. The summed E-state index contributed by atoms with van der Waals surface area (Å²) in [4.78, 5) is 36.8. The largest absolute Gasteiger partial charge is 0.477 e. The second kappa shape index (κ2) is 38.0. The summed E-state index contributed by atoms with van der Waals surface area (Å²) in [7, 11) is 5.52. The average molecular weight is 767 g/mol. The summed E-state index contributed by atoms with van der Waals surface area (Å²) >= 11 is 0. The fraction of sp³-hybridized carbons (Fsp3) is 0.891. The van der Waals surface area contributed by atoms with E-state index in [1.807, 2.05) is 27.2 Å². The number of ether oxygens (including phenoxy) is 3. The van der Waals surface area contributed by atoms with Gasteiger partial charge in [0.1, 0.15) is 6.61 Å². The number of hydrogen-bond donors (Lipinski definition) is 1. The molecular formula is C46H88NO7+. The number of allylic oxidation sites excluding steroid dienone is 2. The van der Waals surface area contributed by atoms with Gasteiger partial charge in [0, 0.05) is 19.3 Å². The van der Waals surface area contributed by atoms with Crippen LogP contribution >= 0.6 is 0 Å². The molecule has 0 aliphatic carbocycles. The Labute approximate surface area is 333 Å². The standard InChI is InChI=1S/C46H87NO7/c1-6-8-10-12-14-16-17-18-19-20-21-22-23-24-25-26-27-28-29-31-33-35-37-45(49)54-42(40-52-39-38-43(46(50)51)47(3,4)5)41-53-44(48)36-34-32-30-15-13-11-9-7-2/h30,32,42-43H,6-29,31,33-41H2,1-5H3/p+1/b32-30+. The predicted molar refractivity (Wildman–Crippen MR) is 225 cm³/mol. The number of esters is 2. The number of carboxylic acid groups (broad SMARTS) is 1. The van der Waals surface area contributed by atoms with Gasteiger partial charge in [0.2, 0.25) is 0 Å². The molecule has 8 heteroatoms. The summed E-state index contributed by atoms with van der Waals surface area (Å²) in [5, 5.41) is 9.60. The van der Waals surface area contributed by atoms with Crippen molar-refractivity contribution in [3.63, 3.8) is 0 Å². The molecule has 0 aliphatic heterocycles. The van der Waals surface area contributed by atoms with Gasteiger partial charge in [0.15, 0.2) is 12.1 Å². The first-order chi connectivity index (χ1) is 26.1. The lowest BCUT2D eigenvalue weighted by Gasteiger charge is -2.31. The Morgan fingerprint density at radius 1 is 0.537 bits per heavy atom. The summed E-state index contributed by atoms with van der Waals surface area (Å²) in [6, 6.07) is -0.613. The molecule has 0 radical (unpaired) electrons. The third kappa shape index (κ3) is 35.8. The highest BCUT2D eigenvalue weighted by atomic mass is 16.6. The van der Waals surface area contributed by atoms with Crippen LogP contribution in [0, 0.1) is 0 Å². The molecule has 0 fully saturated rings. The van der Waals surface area contributed by atoms with E-state index in [0.29, 0.717) is 19.3 Å². The van der Waals surface area contributed by atoms with Gasteiger partial charge < -0.3 is 23.8 Å². The maximum Gasteiger partial charge on any atom is 0.362 e. The van der Waals surface area contributed by atoms with Crippen LogP contribution in [0.15, 0.2) is 12.2 Å². The van der Waals surface area contributed by atoms with Crippen LogP contribution in [-0.4, -0.2) is 80.6 Å². The molecule has 318 valence electrons. The van der Waals surface area contributed by atoms with Crippen molar-refractivity contribution in [1.29, 1.82) is 0 Å². The smallest absolute Gasteiger partial charge is 0.362 e. The number of unbranched alkanes of at least 4 members (excludes halogenated alkanes) is 25. The zero-order valence-corrected chi connectivity index (χ0v) is 36.2. The summed E-state index contributed by atoms with van der Waals surface area (Å²) in [6.07, 6.45) is 40.0. The average Bonchev–Trinajstić information content (AvgIpc) is 3.12. The minimum Gasteiger partial charge on any atom is -0.477 e. The van der Waals surface area contributed by atoms with E-state index < -0.39 is 18.1 Å². The molecule has 0 aromatic carbocycles. The third-order valence-electron chi connectivity index (χ3n) is 10.4. The quantitative estimate of drug-likeness (QED) is 0.0286. The predicted octanol–water partition coefficient (Wildman–Crippen LogP) is 12.3. The van der Waals surface area contributed by atoms with Gasteiger partial charge in [-0.3, -0.25) is 9.59 Å². The fourth-order valence-corrected chi connectivity index (χ4v) is 6.87. The molecule has 1 N–H and O–H groups in total. The lowest BCUT2D eigenvalue weighted by molar-refractivity contribution is -0.887. The van der Waals surface area contributed by atoms with Crippen LogP contribution < -0.4 is 0 Å². The second-order valence-electron chi connectivity index (χ2n) is 16.7. The van der Waals surface area contributed by atoms with E-state index >= 15 is 0 Å². The Morgan fingerprint density at radius 2 is 0.963 bits per heavy atom. The van der Waals surface area contributed by atoms with Gasteiger partial charge in [-0.25, -0.2) is 4.79 Å². The van der Waals surface area contributed by atoms with Crippen molar-refractivity contribution in [2.45, 2.75) is 225 Å². The van der Waals surface area contributed by atoms with Crippen LogP contribution in [0.4, 0.5) is 0 Å². The van der Waals surface area contributed by atoms with Crippen molar-refractivity contribution in [3.8, 4) is 0 Å². The Kier molecular flexibility index (Phi) is 36.6. The van der Waals surface area contributed by atoms with Crippen LogP contribution in [0.2, 0.25) is 0 Å². The lowest BCUT2D eigenvalue weighted by atomic mass is 10.0. The highest BCUT2D eigenvalue weighted by Crippen LogP contribution is 2.16. The van der Waals surface area contributed by atoms with Gasteiger partial charge in [-0.2, -0.15) is 0 Å². The van der Waals surface area contributed by atoms with E-state index in [1.165, 1.54) is 148 Å². The molecular weight excluding hydrogens is 679 g/mol. The molecule has 54 heavy (non-hydrogen) atoms. The van der Waals surface area contributed by atoms with Crippen molar-refractivity contribution >= 4 is 17.9 Å². The summed E-state index contributed by atoms with van der Waals surface area (Å²) in [6.45, 7) is 4.68. The molecule has 2 unspecified atom stereocenters. The van der Waals surface area contributed by atoms with Gasteiger partial charge in [0.25, 0.3) is 0 Å². The van der Waals surface area contributed by atoms with Crippen molar-refractivity contribution in [2.75, 3.05) is 41.0 Å². The second-order valence-corrected chi connectivity index (χ2v) is 16.7. The zero-order chi connectivity index (χ0) is 40.0. The number of likely N-dealkylation sites (N-methyl/N-ethyl adjacent to an activating group) is 1. The van der Waals surface area contributed by atoms with Crippen LogP contribution in [0.1, 0.15) is 213 Å². The molecule has 0 amide bonds. The molecule has 0 saturated heterocycles. The number of carbonyl (C=O) groups excluding carboxylic acids is 2. The minimum absolute atomic E-state index is 0.0551. The Balaban J connectivity index is 4.14. The highest BCUT2D eigenvalue weighted by molar-refractivity contribution is 5.72. The number of carboxylic acids is 1. The number of aliphatic carboxylic acids is 1. The molecule has 0 aliphatic rings. The highest BCUT2D eigenvalue weighted by Gasteiger charge is 2.31. The maximum atomic E-state index is 12.7. The summed E-state index contributed by atoms with van der Waals surface area (Å²) in [5.41, 5.74) is 0. The van der Waals surface area contributed by atoms with E-state index in [4.69, 9.17) is 14.2 Å². The molecule has 0 heterocycles. The summed E-state index contributed by atoms with van der Waals surface area (Å²) in [5.74, 6) is -1.52. The lowest BCUT2D eigenvalue weighted by Crippen LogP contribution is -2.50. The van der Waals surface area contributed by atoms with Crippen LogP contribution in [0.5, 0.6) is 0 Å². The first-order valence-corrected chi connectivity index (χ1v) is 22.7. The van der Waals surface area contributed by atoms with E-state index in [9.17, 15) is 19.5 Å². The van der Waals surface area contributed by atoms with Crippen LogP contribution in [0.25, 0.3) is 0 Å². The van der Waals surface area contributed by atoms with Gasteiger partial charge in [0.05, 0.1) is 34.4 Å². The van der Waals surface area contributed by atoms with E-state index in [1.54, 1.807) is 0 Å². The molecule has 0 rings (SSSR count). The van der Waals surface area contributed by atoms with Gasteiger partial charge >= 0.3 is 17.9 Å². The first kappa shape index (κ1) is 52.1. The molecule has 0 saturated carbocycles. The van der Waals surface area contributed by atoms with Gasteiger partial charge in [-0.1, -0.05) is 180 Å². The number of hydrogen-bond acceptors (Lipinski definition) is 6.